The molecule has 0 spiro atoms. The summed E-state index contributed by atoms with van der Waals surface area (Å²) in [4.78, 5) is 10.0. The van der Waals surface area contributed by atoms with Crippen LogP contribution in [0.3, 0.4) is 0 Å². The summed E-state index contributed by atoms with van der Waals surface area (Å²) >= 11 is 0. The van der Waals surface area contributed by atoms with Crippen LogP contribution in [0.2, 0.25) is 0 Å². The number of rotatable bonds is 0. The Bertz CT molecular complexity index is 430. The fourth-order valence-corrected chi connectivity index (χ4v) is 0.709. The van der Waals surface area contributed by atoms with Gasteiger partial charge in [0.15, 0.2) is 0 Å². The molecule has 78 valence electrons. The number of guanidine groups is 1. The molecule has 0 aliphatic carbocycles. The molecule has 0 amide bonds. The first kappa shape index (κ1) is 10.7. The molecule has 2 rings (SSSR count). The Morgan fingerprint density at radius 1 is 1.33 bits per heavy atom. The smallest absolute Gasteiger partial charge is 0.530 e. The molecule has 0 atom stereocenters. The van der Waals surface area contributed by atoms with Crippen molar-refractivity contribution in [2.75, 3.05) is 5.73 Å². The van der Waals surface area contributed by atoms with Gasteiger partial charge in [-0.1, -0.05) is 0 Å². The van der Waals surface area contributed by atoms with Gasteiger partial charge >= 0.3 is 5.96 Å². The van der Waals surface area contributed by atoms with Crippen molar-refractivity contribution in [3.05, 3.63) is 11.4 Å². The van der Waals surface area contributed by atoms with Crippen molar-refractivity contribution in [1.29, 1.82) is 0 Å². The third-order valence-corrected chi connectivity index (χ3v) is 1.25. The number of nitrogens with two attached hydrogens (primary N) is 1. The number of aromatic nitrogens is 3. The summed E-state index contributed by atoms with van der Waals surface area (Å²) in [5, 5.41) is 13.0. The number of nitrogens with zero attached hydrogens (tertiary/aromatic N) is 7. The zero-order valence-corrected chi connectivity index (χ0v) is 8.21. The van der Waals surface area contributed by atoms with E-state index in [1.807, 2.05) is 0 Å². The lowest BCUT2D eigenvalue weighted by Crippen LogP contribution is -1.84. The highest BCUT2D eigenvalue weighted by atomic mass is 15.3. The van der Waals surface area contributed by atoms with Gasteiger partial charge in [0.1, 0.15) is 5.82 Å². The van der Waals surface area contributed by atoms with Gasteiger partial charge in [-0.15, -0.1) is 5.10 Å². The summed E-state index contributed by atoms with van der Waals surface area (Å²) in [5.41, 5.74) is 13.1. The second kappa shape index (κ2) is 4.72. The van der Waals surface area contributed by atoms with Gasteiger partial charge in [-0.3, -0.25) is 5.10 Å². The summed E-state index contributed by atoms with van der Waals surface area (Å²) in [7, 11) is 0. The molecule has 9 heteroatoms. The SMILES string of the molecule is CC1=NC(=[N+]=[N-])N=N1.Cc1nc(N)n[nH]1. The molecule has 0 fully saturated rings. The first-order valence-electron chi connectivity index (χ1n) is 3.95. The number of nitrogens with one attached hydrogen (secondary N) is 1. The first-order chi connectivity index (χ1) is 7.11. The molecular formula is C6H9N9. The van der Waals surface area contributed by atoms with E-state index in [4.69, 9.17) is 11.3 Å². The van der Waals surface area contributed by atoms with E-state index >= 15 is 0 Å². The largest absolute Gasteiger partial charge is 0.542 e. The van der Waals surface area contributed by atoms with Gasteiger partial charge in [0.05, 0.1) is 5.11 Å². The van der Waals surface area contributed by atoms with Crippen LogP contribution >= 0.6 is 0 Å². The van der Waals surface area contributed by atoms with Crippen molar-refractivity contribution < 1.29 is 4.79 Å². The van der Waals surface area contributed by atoms with Gasteiger partial charge < -0.3 is 16.1 Å². The highest BCUT2D eigenvalue weighted by Crippen LogP contribution is 1.93. The third-order valence-electron chi connectivity index (χ3n) is 1.25. The molecule has 0 radical (unpaired) electrons. The Hall–Kier alpha value is -2.41. The summed E-state index contributed by atoms with van der Waals surface area (Å²) in [6, 6.07) is 0. The number of H-pyrrole nitrogens is 1. The Morgan fingerprint density at radius 3 is 2.27 bits per heavy atom. The zero-order chi connectivity index (χ0) is 11.3. The maximum absolute atomic E-state index is 8.01. The lowest BCUT2D eigenvalue weighted by Gasteiger charge is -1.68. The number of nitrogen functional groups attached to an aromatic ring is 1. The number of anilines is 1. The van der Waals surface area contributed by atoms with E-state index in [1.165, 1.54) is 0 Å². The van der Waals surface area contributed by atoms with Crippen molar-refractivity contribution >= 4 is 17.7 Å². The Morgan fingerprint density at radius 2 is 2.07 bits per heavy atom. The van der Waals surface area contributed by atoms with Gasteiger partial charge in [-0.05, 0) is 17.0 Å². The summed E-state index contributed by atoms with van der Waals surface area (Å²) in [6.45, 7) is 3.46. The van der Waals surface area contributed by atoms with Crippen LogP contribution in [0.1, 0.15) is 12.7 Å². The van der Waals surface area contributed by atoms with Gasteiger partial charge in [0.2, 0.25) is 11.8 Å². The monoisotopic (exact) mass is 207 g/mol. The van der Waals surface area contributed by atoms with Crippen LogP contribution in [-0.2, 0) is 0 Å². The molecule has 0 aromatic carbocycles. The zero-order valence-electron chi connectivity index (χ0n) is 8.21. The van der Waals surface area contributed by atoms with Crippen LogP contribution in [0.4, 0.5) is 5.95 Å². The predicted octanol–water partition coefficient (Wildman–Crippen LogP) is 0.152. The van der Waals surface area contributed by atoms with E-state index in [0.717, 1.165) is 5.82 Å². The molecule has 0 unspecified atom stereocenters. The minimum absolute atomic E-state index is 0.0162. The molecular weight excluding hydrogens is 198 g/mol. The lowest BCUT2D eigenvalue weighted by molar-refractivity contribution is -0.00828. The lowest BCUT2D eigenvalue weighted by atomic mass is 10.7. The Balaban J connectivity index is 0.000000151. The van der Waals surface area contributed by atoms with E-state index in [9.17, 15) is 0 Å². The minimum atomic E-state index is 0.0162. The van der Waals surface area contributed by atoms with Crippen LogP contribution in [0.15, 0.2) is 15.2 Å². The first-order valence-corrected chi connectivity index (χ1v) is 3.95. The van der Waals surface area contributed by atoms with Crippen molar-refractivity contribution in [1.82, 2.24) is 15.2 Å². The van der Waals surface area contributed by atoms with E-state index in [-0.39, 0.29) is 5.96 Å². The maximum atomic E-state index is 8.01. The molecule has 0 saturated carbocycles. The van der Waals surface area contributed by atoms with Crippen LogP contribution in [-0.4, -0.2) is 31.8 Å². The summed E-state index contributed by atoms with van der Waals surface area (Å²) in [5.74, 6) is 1.58. The van der Waals surface area contributed by atoms with Crippen LogP contribution in [0, 0.1) is 6.92 Å². The Labute approximate surface area is 84.8 Å². The minimum Gasteiger partial charge on any atom is -0.542 e. The fraction of sp³-hybridized carbons (Fsp3) is 0.333. The molecule has 2 heterocycles. The number of aryl methyl sites for hydroxylation is 1. The average Bonchev–Trinajstić information content (AvgIpc) is 2.76. The van der Waals surface area contributed by atoms with E-state index in [2.05, 4.69) is 35.2 Å². The normalized spacial score (nSPS) is 12.9. The average molecular weight is 207 g/mol. The van der Waals surface area contributed by atoms with Gasteiger partial charge in [-0.2, -0.15) is 4.98 Å². The van der Waals surface area contributed by atoms with Crippen molar-refractivity contribution in [2.45, 2.75) is 13.8 Å². The number of aliphatic imine (C=N–C) groups is 1. The predicted molar refractivity (Wildman–Crippen MR) is 52.1 cm³/mol. The molecule has 15 heavy (non-hydrogen) atoms. The molecule has 1 aliphatic rings. The highest BCUT2D eigenvalue weighted by Gasteiger charge is 2.14. The molecule has 3 N–H and O–H groups in total. The van der Waals surface area contributed by atoms with Crippen molar-refractivity contribution in [3.8, 4) is 0 Å². The number of hydrogen-bond donors (Lipinski definition) is 2. The van der Waals surface area contributed by atoms with Crippen molar-refractivity contribution in [2.24, 2.45) is 15.2 Å². The Kier molecular flexibility index (Phi) is 3.36. The third kappa shape index (κ3) is 3.44. The molecule has 9 nitrogen and oxygen atoms in total. The number of azo groups is 1. The van der Waals surface area contributed by atoms with E-state index in [1.54, 1.807) is 13.8 Å². The van der Waals surface area contributed by atoms with Gasteiger partial charge in [0.25, 0.3) is 0 Å². The van der Waals surface area contributed by atoms with E-state index < -0.39 is 0 Å². The fourth-order valence-electron chi connectivity index (χ4n) is 0.709. The molecule has 0 bridgehead atoms. The van der Waals surface area contributed by atoms with E-state index in [0.29, 0.717) is 11.8 Å². The van der Waals surface area contributed by atoms with Crippen LogP contribution in [0.25, 0.3) is 5.53 Å². The van der Waals surface area contributed by atoms with Crippen LogP contribution < -0.4 is 5.73 Å². The molecule has 1 aliphatic heterocycles. The highest BCUT2D eigenvalue weighted by molar-refractivity contribution is 5.97. The molecule has 1 aromatic heterocycles. The second-order valence-corrected chi connectivity index (χ2v) is 2.54. The number of aromatic amines is 1. The van der Waals surface area contributed by atoms with Gasteiger partial charge in [0, 0.05) is 6.92 Å². The van der Waals surface area contributed by atoms with Gasteiger partial charge in [-0.25, -0.2) is 0 Å². The molecule has 1 aromatic rings. The quantitative estimate of drug-likeness (QED) is 0.461. The number of hydrogen-bond acceptors (Lipinski definition) is 4. The second-order valence-electron chi connectivity index (χ2n) is 2.54. The van der Waals surface area contributed by atoms with Crippen LogP contribution in [0.5, 0.6) is 0 Å². The maximum Gasteiger partial charge on any atom is 0.530 e. The summed E-state index contributed by atoms with van der Waals surface area (Å²) < 4.78 is 0. The standard InChI is InChI=1S/C3H3N5.C3H6N4/c1-2-5-3(6-4)8-7-2;1-2-5-3(4)7-6-2/h1H3;1H3,(H3,4,5,6,7). The molecule has 0 saturated heterocycles. The summed E-state index contributed by atoms with van der Waals surface area (Å²) in [6.07, 6.45) is 0. The van der Waals surface area contributed by atoms with Crippen molar-refractivity contribution in [3.63, 3.8) is 0 Å². The number of amidine groups is 1. The topological polar surface area (TPSA) is 141 Å².